The van der Waals surface area contributed by atoms with Gasteiger partial charge in [-0.05, 0) is 0 Å². The van der Waals surface area contributed by atoms with Crippen molar-refractivity contribution >= 4 is 23.9 Å². The van der Waals surface area contributed by atoms with Gasteiger partial charge < -0.3 is 24.8 Å². The van der Waals surface area contributed by atoms with E-state index in [1.54, 1.807) is 0 Å². The third-order valence-corrected chi connectivity index (χ3v) is 1.56. The maximum absolute atomic E-state index is 10.9. The second-order valence-electron chi connectivity index (χ2n) is 3.26. The van der Waals surface area contributed by atoms with Crippen LogP contribution in [0.3, 0.4) is 0 Å². The number of ether oxygens (including phenoxy) is 2. The molecule has 0 aromatic carbocycles. The second-order valence-corrected chi connectivity index (χ2v) is 3.26. The van der Waals surface area contributed by atoms with Crippen LogP contribution in [0.1, 0.15) is 0 Å². The third kappa shape index (κ3) is 10.5. The highest BCUT2D eigenvalue weighted by atomic mass is 16.6. The molecular weight excluding hydrogens is 276 g/mol. The Morgan fingerprint density at radius 3 is 1.45 bits per heavy atom. The van der Waals surface area contributed by atoms with E-state index in [2.05, 4.69) is 9.47 Å². The van der Waals surface area contributed by atoms with E-state index < -0.39 is 43.2 Å². The van der Waals surface area contributed by atoms with Gasteiger partial charge in [0.25, 0.3) is 0 Å². The van der Waals surface area contributed by atoms with Crippen molar-refractivity contribution in [2.75, 3.05) is 13.2 Å². The van der Waals surface area contributed by atoms with Crippen molar-refractivity contribution < 1.29 is 44.0 Å². The Hall–Kier alpha value is -2.68. The standard InChI is InChI=1S/C11H12O9/c12-7(5-19-10(17)3-1-8(13)14)6-20-11(18)4-2-9(15)16/h1-4,7,12H,5-6H2,(H,13,14)(H,15,16)/b3-1+,4-2+. The van der Waals surface area contributed by atoms with Gasteiger partial charge in [-0.15, -0.1) is 0 Å². The summed E-state index contributed by atoms with van der Waals surface area (Å²) >= 11 is 0. The molecule has 0 radical (unpaired) electrons. The lowest BCUT2D eigenvalue weighted by Crippen LogP contribution is -2.24. The average Bonchev–Trinajstić information content (AvgIpc) is 2.37. The summed E-state index contributed by atoms with van der Waals surface area (Å²) < 4.78 is 8.88. The van der Waals surface area contributed by atoms with Gasteiger partial charge in [-0.3, -0.25) is 0 Å². The minimum atomic E-state index is -1.33. The summed E-state index contributed by atoms with van der Waals surface area (Å²) in [5.41, 5.74) is 0. The molecule has 110 valence electrons. The van der Waals surface area contributed by atoms with Crippen molar-refractivity contribution in [3.63, 3.8) is 0 Å². The zero-order valence-electron chi connectivity index (χ0n) is 10.1. The predicted molar refractivity (Wildman–Crippen MR) is 61.5 cm³/mol. The minimum absolute atomic E-state index is 0.515. The van der Waals surface area contributed by atoms with Crippen molar-refractivity contribution in [1.29, 1.82) is 0 Å². The number of carbonyl (C=O) groups is 4. The Kier molecular flexibility index (Phi) is 8.03. The number of carboxylic acids is 2. The normalized spacial score (nSPS) is 10.9. The minimum Gasteiger partial charge on any atom is -0.478 e. The van der Waals surface area contributed by atoms with Crippen LogP contribution in [0.5, 0.6) is 0 Å². The SMILES string of the molecule is O=C(O)/C=C/C(=O)OCC(O)COC(=O)/C=C/C(=O)O. The van der Waals surface area contributed by atoms with E-state index in [4.69, 9.17) is 10.2 Å². The van der Waals surface area contributed by atoms with Gasteiger partial charge in [0.1, 0.15) is 19.3 Å². The Morgan fingerprint density at radius 1 is 0.800 bits per heavy atom. The fourth-order valence-electron chi connectivity index (χ4n) is 0.780. The first-order valence-electron chi connectivity index (χ1n) is 5.15. The summed E-state index contributed by atoms with van der Waals surface area (Å²) in [6.45, 7) is -1.03. The first-order chi connectivity index (χ1) is 9.31. The summed E-state index contributed by atoms with van der Waals surface area (Å²) in [6, 6.07) is 0. The smallest absolute Gasteiger partial charge is 0.331 e. The van der Waals surface area contributed by atoms with Gasteiger partial charge >= 0.3 is 23.9 Å². The molecule has 0 aliphatic rings. The molecule has 0 aromatic heterocycles. The molecule has 0 fully saturated rings. The van der Waals surface area contributed by atoms with Crippen molar-refractivity contribution in [3.8, 4) is 0 Å². The molecule has 0 unspecified atom stereocenters. The van der Waals surface area contributed by atoms with E-state index in [1.165, 1.54) is 0 Å². The Balaban J connectivity index is 3.92. The lowest BCUT2D eigenvalue weighted by Gasteiger charge is -2.09. The monoisotopic (exact) mass is 288 g/mol. The average molecular weight is 288 g/mol. The third-order valence-electron chi connectivity index (χ3n) is 1.56. The number of aliphatic hydroxyl groups excluding tert-OH is 1. The molecule has 0 saturated heterocycles. The van der Waals surface area contributed by atoms with E-state index in [0.717, 1.165) is 0 Å². The van der Waals surface area contributed by atoms with Crippen molar-refractivity contribution in [1.82, 2.24) is 0 Å². The topological polar surface area (TPSA) is 147 Å². The van der Waals surface area contributed by atoms with Crippen LogP contribution in [0.2, 0.25) is 0 Å². The molecule has 0 aromatic rings. The number of hydrogen-bond donors (Lipinski definition) is 3. The molecule has 0 amide bonds. The second kappa shape index (κ2) is 9.28. The number of aliphatic carboxylic acids is 2. The lowest BCUT2D eigenvalue weighted by molar-refractivity contribution is -0.147. The number of carbonyl (C=O) groups excluding carboxylic acids is 2. The number of hydrogen-bond acceptors (Lipinski definition) is 7. The molecule has 0 saturated carbocycles. The molecule has 0 heterocycles. The number of carboxylic acid groups (broad SMARTS) is 2. The summed E-state index contributed by atoms with van der Waals surface area (Å²) in [5, 5.41) is 25.7. The van der Waals surface area contributed by atoms with E-state index in [9.17, 15) is 24.3 Å². The van der Waals surface area contributed by atoms with Gasteiger partial charge in [-0.1, -0.05) is 0 Å². The number of esters is 2. The van der Waals surface area contributed by atoms with Crippen molar-refractivity contribution in [2.24, 2.45) is 0 Å². The Bertz CT molecular complexity index is 395. The first kappa shape index (κ1) is 17.3. The van der Waals surface area contributed by atoms with Crippen LogP contribution < -0.4 is 0 Å². The Labute approximate surface area is 112 Å². The maximum Gasteiger partial charge on any atom is 0.331 e. The summed E-state index contributed by atoms with van der Waals surface area (Å²) in [7, 11) is 0. The van der Waals surface area contributed by atoms with E-state index in [-0.39, 0.29) is 0 Å². The maximum atomic E-state index is 10.9. The molecule has 0 rings (SSSR count). The van der Waals surface area contributed by atoms with Crippen LogP contribution >= 0.6 is 0 Å². The van der Waals surface area contributed by atoms with Gasteiger partial charge in [0.05, 0.1) is 0 Å². The van der Waals surface area contributed by atoms with E-state index in [0.29, 0.717) is 24.3 Å². The molecule has 0 aliphatic carbocycles. The molecule has 0 spiro atoms. The zero-order valence-corrected chi connectivity index (χ0v) is 10.1. The highest BCUT2D eigenvalue weighted by molar-refractivity contribution is 5.91. The molecule has 0 bridgehead atoms. The molecule has 3 N–H and O–H groups in total. The summed E-state index contributed by atoms with van der Waals surface area (Å²) in [5.74, 6) is -4.63. The van der Waals surface area contributed by atoms with Gasteiger partial charge in [-0.25, -0.2) is 19.2 Å². The fourth-order valence-corrected chi connectivity index (χ4v) is 0.780. The van der Waals surface area contributed by atoms with Gasteiger partial charge in [-0.2, -0.15) is 0 Å². The first-order valence-corrected chi connectivity index (χ1v) is 5.15. The van der Waals surface area contributed by atoms with E-state index in [1.807, 2.05) is 0 Å². The summed E-state index contributed by atoms with van der Waals surface area (Å²) in [4.78, 5) is 42.0. The van der Waals surface area contributed by atoms with Crippen LogP contribution in [-0.4, -0.2) is 58.5 Å². The highest BCUT2D eigenvalue weighted by Gasteiger charge is 2.10. The molecule has 0 atom stereocenters. The van der Waals surface area contributed by atoms with Crippen LogP contribution in [0, 0.1) is 0 Å². The number of aliphatic hydroxyl groups is 1. The van der Waals surface area contributed by atoms with Gasteiger partial charge in [0, 0.05) is 24.3 Å². The summed E-state index contributed by atoms with van der Waals surface area (Å²) in [6.07, 6.45) is 1.10. The van der Waals surface area contributed by atoms with E-state index >= 15 is 0 Å². The Morgan fingerprint density at radius 2 is 1.15 bits per heavy atom. The molecule has 0 aliphatic heterocycles. The predicted octanol–water partition coefficient (Wildman–Crippen LogP) is -1.28. The fraction of sp³-hybridized carbons (Fsp3) is 0.273. The van der Waals surface area contributed by atoms with Crippen molar-refractivity contribution in [3.05, 3.63) is 24.3 Å². The molecule has 9 nitrogen and oxygen atoms in total. The van der Waals surface area contributed by atoms with Crippen LogP contribution in [0.4, 0.5) is 0 Å². The number of rotatable bonds is 8. The zero-order chi connectivity index (χ0) is 15.5. The largest absolute Gasteiger partial charge is 0.478 e. The molecule has 20 heavy (non-hydrogen) atoms. The van der Waals surface area contributed by atoms with Crippen molar-refractivity contribution in [2.45, 2.75) is 6.10 Å². The highest BCUT2D eigenvalue weighted by Crippen LogP contribution is 1.92. The van der Waals surface area contributed by atoms with Gasteiger partial charge in [0.2, 0.25) is 0 Å². The molecule has 9 heteroatoms. The lowest BCUT2D eigenvalue weighted by atomic mass is 10.4. The quantitative estimate of drug-likeness (QED) is 0.366. The van der Waals surface area contributed by atoms with Crippen LogP contribution in [-0.2, 0) is 28.7 Å². The van der Waals surface area contributed by atoms with Crippen LogP contribution in [0.25, 0.3) is 0 Å². The van der Waals surface area contributed by atoms with Crippen LogP contribution in [0.15, 0.2) is 24.3 Å². The molecular formula is C11H12O9. The van der Waals surface area contributed by atoms with Gasteiger partial charge in [0.15, 0.2) is 0 Å².